The van der Waals surface area contributed by atoms with Crippen molar-refractivity contribution in [3.63, 3.8) is 0 Å². The topological polar surface area (TPSA) is 78.9 Å². The lowest BCUT2D eigenvalue weighted by molar-refractivity contribution is 0.0253. The molecule has 2 N–H and O–H groups in total. The largest absolute Gasteiger partial charge is 0.444 e. The molecule has 0 aliphatic carbocycles. The predicted molar refractivity (Wildman–Crippen MR) is 103 cm³/mol. The minimum Gasteiger partial charge on any atom is -0.444 e. The maximum atomic E-state index is 12.2. The number of carbonyl (C=O) groups is 1. The van der Waals surface area contributed by atoms with E-state index in [1.54, 1.807) is 23.3 Å². The summed E-state index contributed by atoms with van der Waals surface area (Å²) in [4.78, 5) is 23.6. The van der Waals surface area contributed by atoms with Gasteiger partial charge in [0.15, 0.2) is 5.96 Å². The van der Waals surface area contributed by atoms with Crippen LogP contribution in [-0.4, -0.2) is 54.2 Å². The van der Waals surface area contributed by atoms with Crippen LogP contribution >= 0.6 is 11.3 Å². The van der Waals surface area contributed by atoms with Gasteiger partial charge in [0.1, 0.15) is 10.6 Å². The highest BCUT2D eigenvalue weighted by Crippen LogP contribution is 2.11. The lowest BCUT2D eigenvalue weighted by atomic mass is 10.2. The van der Waals surface area contributed by atoms with Crippen LogP contribution in [0.4, 0.5) is 4.79 Å². The number of hydrogen-bond donors (Lipinski definition) is 2. The first-order chi connectivity index (χ1) is 11.7. The Morgan fingerprint density at radius 2 is 2.08 bits per heavy atom. The molecule has 0 aliphatic heterocycles. The standard InChI is InChI=1S/C17H31N5O2S/c1-7-9-22(16(23)24-17(3,4)5)10-8-19-15(18-6)21-12-14-20-11-13(2)25-14/h11H,7-10,12H2,1-6H3,(H2,18,19,21). The smallest absolute Gasteiger partial charge is 0.410 e. The molecule has 0 radical (unpaired) electrons. The van der Waals surface area contributed by atoms with Crippen LogP contribution in [0.25, 0.3) is 0 Å². The van der Waals surface area contributed by atoms with E-state index in [9.17, 15) is 4.79 Å². The fourth-order valence-electron chi connectivity index (χ4n) is 2.06. The molecule has 0 bridgehead atoms. The summed E-state index contributed by atoms with van der Waals surface area (Å²) in [6.07, 6.45) is 2.47. The first-order valence-corrected chi connectivity index (χ1v) is 9.40. The number of nitrogens with zero attached hydrogens (tertiary/aromatic N) is 3. The summed E-state index contributed by atoms with van der Waals surface area (Å²) < 4.78 is 5.45. The molecule has 1 amide bonds. The lowest BCUT2D eigenvalue weighted by Gasteiger charge is -2.27. The third kappa shape index (κ3) is 8.72. The van der Waals surface area contributed by atoms with E-state index in [0.29, 0.717) is 32.1 Å². The van der Waals surface area contributed by atoms with Gasteiger partial charge in [-0.2, -0.15) is 0 Å². The van der Waals surface area contributed by atoms with Crippen LogP contribution in [0.5, 0.6) is 0 Å². The second kappa shape index (κ2) is 10.2. The number of guanidine groups is 1. The summed E-state index contributed by atoms with van der Waals surface area (Å²) in [6.45, 7) is 12.1. The summed E-state index contributed by atoms with van der Waals surface area (Å²) in [5, 5.41) is 7.46. The molecule has 1 rings (SSSR count). The Balaban J connectivity index is 2.43. The van der Waals surface area contributed by atoms with Crippen molar-refractivity contribution in [2.45, 2.75) is 53.2 Å². The number of rotatable bonds is 7. The Bertz CT molecular complexity index is 566. The third-order valence-corrected chi connectivity index (χ3v) is 4.03. The van der Waals surface area contributed by atoms with Crippen LogP contribution < -0.4 is 10.6 Å². The van der Waals surface area contributed by atoms with Crippen LogP contribution in [0, 0.1) is 6.92 Å². The molecule has 0 saturated carbocycles. The number of aliphatic imine (C=N–C) groups is 1. The highest BCUT2D eigenvalue weighted by molar-refractivity contribution is 7.11. The van der Waals surface area contributed by atoms with Gasteiger partial charge in [-0.25, -0.2) is 9.78 Å². The van der Waals surface area contributed by atoms with Crippen LogP contribution in [0.1, 0.15) is 44.0 Å². The average Bonchev–Trinajstić information content (AvgIpc) is 2.93. The van der Waals surface area contributed by atoms with Crippen molar-refractivity contribution < 1.29 is 9.53 Å². The Labute approximate surface area is 154 Å². The fraction of sp³-hybridized carbons (Fsp3) is 0.706. The van der Waals surface area contributed by atoms with E-state index in [1.165, 1.54) is 4.88 Å². The van der Waals surface area contributed by atoms with Crippen molar-refractivity contribution in [3.05, 3.63) is 16.1 Å². The number of aromatic nitrogens is 1. The van der Waals surface area contributed by atoms with Crippen LogP contribution in [0.2, 0.25) is 0 Å². The Morgan fingerprint density at radius 3 is 2.60 bits per heavy atom. The predicted octanol–water partition coefficient (Wildman–Crippen LogP) is 2.76. The molecule has 25 heavy (non-hydrogen) atoms. The van der Waals surface area contributed by atoms with Crippen molar-refractivity contribution in [1.82, 2.24) is 20.5 Å². The van der Waals surface area contributed by atoms with Crippen molar-refractivity contribution >= 4 is 23.4 Å². The zero-order chi connectivity index (χ0) is 18.9. The van der Waals surface area contributed by atoms with E-state index < -0.39 is 5.60 Å². The molecule has 7 nitrogen and oxygen atoms in total. The SMILES string of the molecule is CCCN(CCNC(=NC)NCc1ncc(C)s1)C(=O)OC(C)(C)C. The number of carbonyl (C=O) groups excluding carboxylic acids is 1. The van der Waals surface area contributed by atoms with Crippen molar-refractivity contribution in [2.24, 2.45) is 4.99 Å². The molecule has 142 valence electrons. The van der Waals surface area contributed by atoms with E-state index in [0.717, 1.165) is 11.4 Å². The van der Waals surface area contributed by atoms with Crippen molar-refractivity contribution in [2.75, 3.05) is 26.7 Å². The second-order valence-electron chi connectivity index (χ2n) is 6.68. The van der Waals surface area contributed by atoms with E-state index >= 15 is 0 Å². The summed E-state index contributed by atoms with van der Waals surface area (Å²) in [5.74, 6) is 0.688. The van der Waals surface area contributed by atoms with E-state index in [2.05, 4.69) is 20.6 Å². The molecule has 1 heterocycles. The van der Waals surface area contributed by atoms with Gasteiger partial charge >= 0.3 is 6.09 Å². The van der Waals surface area contributed by atoms with Gasteiger partial charge in [-0.05, 0) is 34.1 Å². The number of nitrogens with one attached hydrogen (secondary N) is 2. The van der Waals surface area contributed by atoms with Crippen molar-refractivity contribution in [1.29, 1.82) is 0 Å². The number of amides is 1. The Hall–Kier alpha value is -1.83. The lowest BCUT2D eigenvalue weighted by Crippen LogP contribution is -2.44. The van der Waals surface area contributed by atoms with Gasteiger partial charge in [0.25, 0.3) is 0 Å². The van der Waals surface area contributed by atoms with Gasteiger partial charge in [-0.15, -0.1) is 11.3 Å². The molecule has 1 aromatic rings. The number of hydrogen-bond acceptors (Lipinski definition) is 5. The van der Waals surface area contributed by atoms with Gasteiger partial charge in [0.2, 0.25) is 0 Å². The molecular weight excluding hydrogens is 338 g/mol. The van der Waals surface area contributed by atoms with Gasteiger partial charge in [0, 0.05) is 37.8 Å². The minimum absolute atomic E-state index is 0.280. The Kier molecular flexibility index (Phi) is 8.68. The van der Waals surface area contributed by atoms with E-state index in [4.69, 9.17) is 4.74 Å². The summed E-state index contributed by atoms with van der Waals surface area (Å²) in [7, 11) is 1.72. The summed E-state index contributed by atoms with van der Waals surface area (Å²) in [5.41, 5.74) is -0.486. The van der Waals surface area contributed by atoms with Crippen LogP contribution in [0.15, 0.2) is 11.2 Å². The summed E-state index contributed by atoms with van der Waals surface area (Å²) in [6, 6.07) is 0. The first-order valence-electron chi connectivity index (χ1n) is 8.59. The van der Waals surface area contributed by atoms with E-state index in [1.807, 2.05) is 40.8 Å². The van der Waals surface area contributed by atoms with Crippen LogP contribution in [0.3, 0.4) is 0 Å². The average molecular weight is 370 g/mol. The molecule has 0 spiro atoms. The zero-order valence-corrected chi connectivity index (χ0v) is 17.0. The van der Waals surface area contributed by atoms with Gasteiger partial charge < -0.3 is 20.3 Å². The van der Waals surface area contributed by atoms with Gasteiger partial charge in [-0.3, -0.25) is 4.99 Å². The highest BCUT2D eigenvalue weighted by atomic mass is 32.1. The maximum absolute atomic E-state index is 12.2. The second-order valence-corrected chi connectivity index (χ2v) is 8.00. The number of aryl methyl sites for hydroxylation is 1. The number of ether oxygens (including phenoxy) is 1. The monoisotopic (exact) mass is 369 g/mol. The molecule has 0 saturated heterocycles. The molecule has 0 fully saturated rings. The fourth-order valence-corrected chi connectivity index (χ4v) is 2.79. The van der Waals surface area contributed by atoms with Crippen molar-refractivity contribution in [3.8, 4) is 0 Å². The summed E-state index contributed by atoms with van der Waals surface area (Å²) >= 11 is 1.66. The van der Waals surface area contributed by atoms with E-state index in [-0.39, 0.29) is 6.09 Å². The molecule has 1 aromatic heterocycles. The molecule has 0 atom stereocenters. The minimum atomic E-state index is -0.486. The molecule has 0 aromatic carbocycles. The number of thiazole rings is 1. The zero-order valence-electron chi connectivity index (χ0n) is 16.2. The third-order valence-electron chi connectivity index (χ3n) is 3.12. The highest BCUT2D eigenvalue weighted by Gasteiger charge is 2.21. The molecule has 0 unspecified atom stereocenters. The van der Waals surface area contributed by atoms with Gasteiger partial charge in [0.05, 0.1) is 6.54 Å². The maximum Gasteiger partial charge on any atom is 0.410 e. The molecular formula is C17H31N5O2S. The molecule has 0 aliphatic rings. The Morgan fingerprint density at radius 1 is 1.36 bits per heavy atom. The normalized spacial score (nSPS) is 12.0. The first kappa shape index (κ1) is 21.2. The quantitative estimate of drug-likeness (QED) is 0.571. The molecule has 8 heteroatoms. The van der Waals surface area contributed by atoms with Crippen LogP contribution in [-0.2, 0) is 11.3 Å². The van der Waals surface area contributed by atoms with Gasteiger partial charge in [-0.1, -0.05) is 6.92 Å².